The van der Waals surface area contributed by atoms with Crippen molar-refractivity contribution in [3.63, 3.8) is 0 Å². The number of thioether (sulfide) groups is 1. The molecule has 2 fully saturated rings. The van der Waals surface area contributed by atoms with Crippen molar-refractivity contribution in [2.75, 3.05) is 56.1 Å². The number of nitrogens with one attached hydrogen (secondary N) is 2. The Labute approximate surface area is 165 Å². The fourth-order valence-corrected chi connectivity index (χ4v) is 4.09. The second-order valence-corrected chi connectivity index (χ2v) is 7.78. The number of halogens is 1. The minimum Gasteiger partial charge on any atom is -0.337 e. The number of piperazine rings is 1. The average molecular weight is 399 g/mol. The zero-order valence-electron chi connectivity index (χ0n) is 15.1. The van der Waals surface area contributed by atoms with Crippen LogP contribution < -0.4 is 10.6 Å². The van der Waals surface area contributed by atoms with Crippen molar-refractivity contribution in [3.8, 4) is 0 Å². The Morgan fingerprint density at radius 3 is 2.77 bits per heavy atom. The van der Waals surface area contributed by atoms with Crippen LogP contribution in [0.4, 0.5) is 5.69 Å². The van der Waals surface area contributed by atoms with E-state index in [1.54, 1.807) is 6.07 Å². The topological polar surface area (TPSA) is 64.7 Å². The Kier molecular flexibility index (Phi) is 8.21. The van der Waals surface area contributed by atoms with E-state index in [0.717, 1.165) is 44.2 Å². The van der Waals surface area contributed by atoms with Crippen molar-refractivity contribution >= 4 is 41.7 Å². The minimum absolute atomic E-state index is 0. The quantitative estimate of drug-likeness (QED) is 0.805. The van der Waals surface area contributed by atoms with Crippen LogP contribution in [-0.4, -0.2) is 78.4 Å². The molecule has 1 aromatic carbocycles. The molecule has 144 valence electrons. The van der Waals surface area contributed by atoms with Crippen molar-refractivity contribution in [1.82, 2.24) is 15.1 Å². The molecule has 0 radical (unpaired) electrons. The van der Waals surface area contributed by atoms with Gasteiger partial charge in [-0.3, -0.25) is 14.5 Å². The van der Waals surface area contributed by atoms with Gasteiger partial charge >= 0.3 is 0 Å². The summed E-state index contributed by atoms with van der Waals surface area (Å²) >= 11 is 1.88. The predicted molar refractivity (Wildman–Crippen MR) is 109 cm³/mol. The number of hydrogen-bond donors (Lipinski definition) is 2. The number of amides is 2. The summed E-state index contributed by atoms with van der Waals surface area (Å²) in [5.74, 6) is 2.00. The molecule has 0 bridgehead atoms. The van der Waals surface area contributed by atoms with Crippen LogP contribution in [0.1, 0.15) is 17.3 Å². The monoisotopic (exact) mass is 398 g/mol. The van der Waals surface area contributed by atoms with Crippen LogP contribution in [0.2, 0.25) is 0 Å². The summed E-state index contributed by atoms with van der Waals surface area (Å²) < 4.78 is 0. The Hall–Kier alpha value is -1.28. The first kappa shape index (κ1) is 21.0. The molecule has 0 unspecified atom stereocenters. The van der Waals surface area contributed by atoms with E-state index in [1.165, 1.54) is 0 Å². The third-order valence-electron chi connectivity index (χ3n) is 4.68. The normalized spacial score (nSPS) is 21.0. The van der Waals surface area contributed by atoms with E-state index in [9.17, 15) is 9.59 Å². The fourth-order valence-electron chi connectivity index (χ4n) is 3.18. The van der Waals surface area contributed by atoms with Crippen LogP contribution in [0, 0.1) is 0 Å². The third-order valence-corrected chi connectivity index (χ3v) is 5.62. The first-order chi connectivity index (χ1) is 12.1. The van der Waals surface area contributed by atoms with E-state index in [2.05, 4.69) is 22.5 Å². The molecule has 2 saturated heterocycles. The highest BCUT2D eigenvalue weighted by Crippen LogP contribution is 2.16. The Morgan fingerprint density at radius 1 is 1.27 bits per heavy atom. The molecule has 2 heterocycles. The lowest BCUT2D eigenvalue weighted by Gasteiger charge is -2.33. The van der Waals surface area contributed by atoms with E-state index >= 15 is 0 Å². The number of benzene rings is 1. The van der Waals surface area contributed by atoms with Gasteiger partial charge in [-0.1, -0.05) is 6.07 Å². The van der Waals surface area contributed by atoms with E-state index < -0.39 is 0 Å². The summed E-state index contributed by atoms with van der Waals surface area (Å²) in [6, 6.07) is 7.61. The van der Waals surface area contributed by atoms with Crippen LogP contribution in [0.3, 0.4) is 0 Å². The zero-order chi connectivity index (χ0) is 17.6. The molecule has 1 atom stereocenters. The number of hydrogen-bond acceptors (Lipinski definition) is 5. The number of carbonyl (C=O) groups excluding carboxylic acids is 2. The smallest absolute Gasteiger partial charge is 0.253 e. The molecule has 2 aliphatic heterocycles. The summed E-state index contributed by atoms with van der Waals surface area (Å²) in [6.45, 7) is 6.78. The average Bonchev–Trinajstić information content (AvgIpc) is 2.64. The van der Waals surface area contributed by atoms with Gasteiger partial charge in [0.25, 0.3) is 5.91 Å². The van der Waals surface area contributed by atoms with E-state index in [-0.39, 0.29) is 24.2 Å². The highest BCUT2D eigenvalue weighted by Gasteiger charge is 2.21. The maximum absolute atomic E-state index is 12.6. The van der Waals surface area contributed by atoms with Gasteiger partial charge in [-0.05, 0) is 25.1 Å². The first-order valence-corrected chi connectivity index (χ1v) is 10.0. The number of carbonyl (C=O) groups is 2. The van der Waals surface area contributed by atoms with Crippen LogP contribution in [0.25, 0.3) is 0 Å². The summed E-state index contributed by atoms with van der Waals surface area (Å²) in [6.07, 6.45) is 0. The molecule has 26 heavy (non-hydrogen) atoms. The lowest BCUT2D eigenvalue weighted by atomic mass is 10.1. The first-order valence-electron chi connectivity index (χ1n) is 8.85. The summed E-state index contributed by atoms with van der Waals surface area (Å²) in [7, 11) is 0. The molecule has 2 aliphatic rings. The molecule has 0 spiro atoms. The van der Waals surface area contributed by atoms with Crippen LogP contribution in [0.15, 0.2) is 24.3 Å². The molecule has 0 aromatic heterocycles. The molecular formula is C18H27ClN4O2S. The second kappa shape index (κ2) is 10.2. The molecule has 3 rings (SSSR count). The van der Waals surface area contributed by atoms with Gasteiger partial charge < -0.3 is 15.5 Å². The van der Waals surface area contributed by atoms with Gasteiger partial charge in [-0.2, -0.15) is 11.8 Å². The molecule has 2 N–H and O–H groups in total. The Morgan fingerprint density at radius 2 is 2.04 bits per heavy atom. The Bertz CT molecular complexity index is 625. The van der Waals surface area contributed by atoms with Gasteiger partial charge in [-0.15, -0.1) is 12.4 Å². The third kappa shape index (κ3) is 5.61. The molecule has 2 amide bonds. The highest BCUT2D eigenvalue weighted by atomic mass is 35.5. The highest BCUT2D eigenvalue weighted by molar-refractivity contribution is 7.99. The summed E-state index contributed by atoms with van der Waals surface area (Å²) in [5.41, 5.74) is 1.32. The van der Waals surface area contributed by atoms with Crippen molar-refractivity contribution in [2.45, 2.75) is 13.0 Å². The lowest BCUT2D eigenvalue weighted by molar-refractivity contribution is -0.118. The summed E-state index contributed by atoms with van der Waals surface area (Å²) in [4.78, 5) is 29.0. The van der Waals surface area contributed by atoms with Crippen molar-refractivity contribution in [2.24, 2.45) is 0 Å². The van der Waals surface area contributed by atoms with Gasteiger partial charge in [0.1, 0.15) is 0 Å². The molecule has 8 heteroatoms. The van der Waals surface area contributed by atoms with Gasteiger partial charge in [0.2, 0.25) is 5.91 Å². The Balaban J connectivity index is 0.00000243. The van der Waals surface area contributed by atoms with Gasteiger partial charge in [0, 0.05) is 61.5 Å². The van der Waals surface area contributed by atoms with E-state index in [4.69, 9.17) is 0 Å². The van der Waals surface area contributed by atoms with E-state index in [1.807, 2.05) is 34.9 Å². The lowest BCUT2D eigenvalue weighted by Crippen LogP contribution is -2.51. The van der Waals surface area contributed by atoms with Gasteiger partial charge in [0.15, 0.2) is 0 Å². The zero-order valence-corrected chi connectivity index (χ0v) is 16.7. The second-order valence-electron chi connectivity index (χ2n) is 6.56. The molecule has 1 aromatic rings. The molecule has 6 nitrogen and oxygen atoms in total. The van der Waals surface area contributed by atoms with Crippen LogP contribution >= 0.6 is 24.2 Å². The standard InChI is InChI=1S/C18H26N4O2S.ClH/c1-14-12-19-5-6-22(14)13-17(23)20-16-4-2-3-15(11-16)18(24)21-7-9-25-10-8-21;/h2-4,11,14,19H,5-10,12-13H2,1H3,(H,20,23);1H/t14-;/m1./s1. The molecular weight excluding hydrogens is 372 g/mol. The van der Waals surface area contributed by atoms with Crippen LogP contribution in [-0.2, 0) is 4.79 Å². The maximum atomic E-state index is 12.6. The van der Waals surface area contributed by atoms with E-state index in [0.29, 0.717) is 23.8 Å². The SMILES string of the molecule is C[C@@H]1CNCCN1CC(=O)Nc1cccc(C(=O)N2CCSCC2)c1.Cl. The summed E-state index contributed by atoms with van der Waals surface area (Å²) in [5, 5.41) is 6.25. The molecule has 0 saturated carbocycles. The number of anilines is 1. The van der Waals surface area contributed by atoms with Crippen molar-refractivity contribution in [3.05, 3.63) is 29.8 Å². The molecule has 0 aliphatic carbocycles. The predicted octanol–water partition coefficient (Wildman–Crippen LogP) is 1.53. The van der Waals surface area contributed by atoms with Gasteiger partial charge in [-0.25, -0.2) is 0 Å². The maximum Gasteiger partial charge on any atom is 0.253 e. The van der Waals surface area contributed by atoms with Crippen LogP contribution in [0.5, 0.6) is 0 Å². The number of nitrogens with zero attached hydrogens (tertiary/aromatic N) is 2. The fraction of sp³-hybridized carbons (Fsp3) is 0.556. The largest absolute Gasteiger partial charge is 0.337 e. The number of rotatable bonds is 4. The van der Waals surface area contributed by atoms with Gasteiger partial charge in [0.05, 0.1) is 6.54 Å². The van der Waals surface area contributed by atoms with Crippen molar-refractivity contribution in [1.29, 1.82) is 0 Å². The van der Waals surface area contributed by atoms with Crippen molar-refractivity contribution < 1.29 is 9.59 Å². The minimum atomic E-state index is -0.0345.